The minimum Gasteiger partial charge on any atom is -0.490 e. The van der Waals surface area contributed by atoms with Gasteiger partial charge in [-0.3, -0.25) is 9.88 Å². The van der Waals surface area contributed by atoms with Gasteiger partial charge in [-0.25, -0.2) is 14.4 Å². The van der Waals surface area contributed by atoms with Crippen molar-refractivity contribution in [1.29, 1.82) is 0 Å². The summed E-state index contributed by atoms with van der Waals surface area (Å²) in [4.78, 5) is 23.5. The highest BCUT2D eigenvalue weighted by atomic mass is 19.1. The van der Waals surface area contributed by atoms with Crippen LogP contribution in [-0.2, 0) is 0 Å². The second kappa shape index (κ2) is 9.01. The fraction of sp³-hybridized carbons (Fsp3) is 0.440. The Hall–Kier alpha value is -3.37. The highest BCUT2D eigenvalue weighted by Gasteiger charge is 2.44. The lowest BCUT2D eigenvalue weighted by Crippen LogP contribution is -2.47. The predicted molar refractivity (Wildman–Crippen MR) is 127 cm³/mol. The highest BCUT2D eigenvalue weighted by Crippen LogP contribution is 2.42. The second-order valence-corrected chi connectivity index (χ2v) is 9.27. The largest absolute Gasteiger partial charge is 0.490 e. The van der Waals surface area contributed by atoms with E-state index in [1.807, 2.05) is 6.07 Å². The average Bonchev–Trinajstić information content (AvgIpc) is 3.40. The number of aromatic nitrogens is 5. The molecular formula is C25H27FN6O3. The lowest BCUT2D eigenvalue weighted by molar-refractivity contribution is 0.0241. The number of hydrogen-bond acceptors (Lipinski definition) is 8. The third-order valence-electron chi connectivity index (χ3n) is 7.10. The van der Waals surface area contributed by atoms with Gasteiger partial charge in [0.05, 0.1) is 24.4 Å². The maximum Gasteiger partial charge on any atom is 0.318 e. The Morgan fingerprint density at radius 3 is 2.80 bits per heavy atom. The number of nitrogens with zero attached hydrogens (tertiary/aromatic N) is 5. The number of piperidine rings is 1. The van der Waals surface area contributed by atoms with Crippen LogP contribution in [0.5, 0.6) is 11.8 Å². The molecule has 0 saturated carbocycles. The standard InChI is InChI=1S/C25H27FN6O3/c1-14(23-29-21-13-28-25(34-9-8-33)31-24(21)30-23)32-16-3-4-17(32)12-18(11-16)35-22-6-7-27-20-5-2-15(26)10-19(20)22/h2,5-7,10,13-14,16-18,33H,3-4,8-9,11-12H2,1H3,(H,28,29,30,31). The summed E-state index contributed by atoms with van der Waals surface area (Å²) in [7, 11) is 0. The minimum absolute atomic E-state index is 0.0672. The zero-order chi connectivity index (χ0) is 23.9. The van der Waals surface area contributed by atoms with E-state index in [2.05, 4.69) is 31.8 Å². The second-order valence-electron chi connectivity index (χ2n) is 9.27. The lowest BCUT2D eigenvalue weighted by atomic mass is 9.97. The normalized spacial score (nSPS) is 23.1. The van der Waals surface area contributed by atoms with Crippen LogP contribution in [0.2, 0.25) is 0 Å². The van der Waals surface area contributed by atoms with E-state index < -0.39 is 0 Å². The molecule has 2 bridgehead atoms. The molecule has 1 aromatic carbocycles. The summed E-state index contributed by atoms with van der Waals surface area (Å²) in [5.74, 6) is 1.25. The number of pyridine rings is 1. The first-order valence-corrected chi connectivity index (χ1v) is 12.0. The van der Waals surface area contributed by atoms with Gasteiger partial charge < -0.3 is 19.6 Å². The topological polar surface area (TPSA) is 109 Å². The number of H-pyrrole nitrogens is 1. The number of fused-ring (bicyclic) bond motifs is 4. The summed E-state index contributed by atoms with van der Waals surface area (Å²) in [6, 6.07) is 7.47. The van der Waals surface area contributed by atoms with Crippen LogP contribution in [0.1, 0.15) is 44.5 Å². The van der Waals surface area contributed by atoms with Crippen molar-refractivity contribution in [2.24, 2.45) is 0 Å². The molecule has 2 N–H and O–H groups in total. The molecule has 2 fully saturated rings. The van der Waals surface area contributed by atoms with Crippen LogP contribution in [0.4, 0.5) is 4.39 Å². The van der Waals surface area contributed by atoms with E-state index in [4.69, 9.17) is 19.6 Å². The molecule has 6 rings (SSSR count). The van der Waals surface area contributed by atoms with Crippen molar-refractivity contribution in [3.05, 3.63) is 48.3 Å². The van der Waals surface area contributed by atoms with Crippen LogP contribution >= 0.6 is 0 Å². The van der Waals surface area contributed by atoms with Gasteiger partial charge in [0.15, 0.2) is 5.65 Å². The van der Waals surface area contributed by atoms with Crippen LogP contribution in [0, 0.1) is 5.82 Å². The van der Waals surface area contributed by atoms with Crippen molar-refractivity contribution < 1.29 is 19.0 Å². The summed E-state index contributed by atoms with van der Waals surface area (Å²) in [5, 5.41) is 9.65. The molecule has 0 spiro atoms. The molecule has 3 atom stereocenters. The smallest absolute Gasteiger partial charge is 0.318 e. The first-order valence-electron chi connectivity index (χ1n) is 12.0. The summed E-state index contributed by atoms with van der Waals surface area (Å²) in [6.45, 7) is 2.21. The fourth-order valence-electron chi connectivity index (χ4n) is 5.62. The molecule has 3 unspecified atom stereocenters. The van der Waals surface area contributed by atoms with Crippen LogP contribution in [0.15, 0.2) is 36.7 Å². The monoisotopic (exact) mass is 478 g/mol. The highest BCUT2D eigenvalue weighted by molar-refractivity contribution is 5.84. The number of aliphatic hydroxyl groups is 1. The SMILES string of the molecule is CC(c1nc2nc(OCCO)ncc2[nH]1)N1C2CCC1CC(Oc1ccnc3ccc(F)cc13)C2. The van der Waals surface area contributed by atoms with Gasteiger partial charge in [-0.2, -0.15) is 4.98 Å². The number of aliphatic hydroxyl groups excluding tert-OH is 1. The predicted octanol–water partition coefficient (Wildman–Crippen LogP) is 3.55. The van der Waals surface area contributed by atoms with Gasteiger partial charge in [0.25, 0.3) is 0 Å². The number of imidazole rings is 1. The van der Waals surface area contributed by atoms with Gasteiger partial charge in [-0.15, -0.1) is 0 Å². The molecule has 182 valence electrons. The van der Waals surface area contributed by atoms with Gasteiger partial charge >= 0.3 is 6.01 Å². The molecule has 0 radical (unpaired) electrons. The van der Waals surface area contributed by atoms with Crippen molar-refractivity contribution in [3.8, 4) is 11.8 Å². The van der Waals surface area contributed by atoms with E-state index in [1.165, 1.54) is 12.1 Å². The molecule has 0 aliphatic carbocycles. The van der Waals surface area contributed by atoms with E-state index in [-0.39, 0.29) is 37.2 Å². The van der Waals surface area contributed by atoms with Crippen LogP contribution in [-0.4, -0.2) is 66.3 Å². The van der Waals surface area contributed by atoms with Crippen molar-refractivity contribution in [2.75, 3.05) is 13.2 Å². The summed E-state index contributed by atoms with van der Waals surface area (Å²) < 4.78 is 25.6. The quantitative estimate of drug-likeness (QED) is 0.415. The molecular weight excluding hydrogens is 451 g/mol. The van der Waals surface area contributed by atoms with Crippen molar-refractivity contribution in [1.82, 2.24) is 29.8 Å². The third-order valence-corrected chi connectivity index (χ3v) is 7.10. The zero-order valence-electron chi connectivity index (χ0n) is 19.4. The Balaban J connectivity index is 1.19. The Morgan fingerprint density at radius 2 is 2.00 bits per heavy atom. The molecule has 10 heteroatoms. The number of ether oxygens (including phenoxy) is 2. The van der Waals surface area contributed by atoms with Gasteiger partial charge in [-0.1, -0.05) is 0 Å². The molecule has 9 nitrogen and oxygen atoms in total. The Labute approximate surface area is 201 Å². The number of halogens is 1. The number of aromatic amines is 1. The number of nitrogens with one attached hydrogen (secondary N) is 1. The van der Waals surface area contributed by atoms with Gasteiger partial charge in [-0.05, 0) is 56.9 Å². The van der Waals surface area contributed by atoms with Crippen LogP contribution < -0.4 is 9.47 Å². The lowest BCUT2D eigenvalue weighted by Gasteiger charge is -2.41. The Bertz CT molecular complexity index is 1350. The molecule has 2 aliphatic rings. The van der Waals surface area contributed by atoms with E-state index in [0.29, 0.717) is 28.9 Å². The van der Waals surface area contributed by atoms with Gasteiger partial charge in [0, 0.05) is 23.7 Å². The van der Waals surface area contributed by atoms with Gasteiger partial charge in [0.1, 0.15) is 35.6 Å². The molecule has 2 aliphatic heterocycles. The molecule has 4 aromatic rings. The average molecular weight is 479 g/mol. The number of rotatable bonds is 7. The first kappa shape index (κ1) is 22.1. The Kier molecular flexibility index (Phi) is 5.69. The summed E-state index contributed by atoms with van der Waals surface area (Å²) in [6.07, 6.45) is 7.47. The summed E-state index contributed by atoms with van der Waals surface area (Å²) >= 11 is 0. The maximum atomic E-state index is 13.9. The van der Waals surface area contributed by atoms with Crippen molar-refractivity contribution in [2.45, 2.75) is 56.8 Å². The molecule has 2 saturated heterocycles. The zero-order valence-corrected chi connectivity index (χ0v) is 19.4. The molecule has 0 amide bonds. The Morgan fingerprint density at radius 1 is 1.17 bits per heavy atom. The fourth-order valence-corrected chi connectivity index (χ4v) is 5.62. The van der Waals surface area contributed by atoms with Crippen LogP contribution in [0.3, 0.4) is 0 Å². The van der Waals surface area contributed by atoms with E-state index >= 15 is 0 Å². The molecule has 5 heterocycles. The molecule has 35 heavy (non-hydrogen) atoms. The molecule has 3 aromatic heterocycles. The van der Waals surface area contributed by atoms with Crippen molar-refractivity contribution >= 4 is 22.1 Å². The van der Waals surface area contributed by atoms with Crippen molar-refractivity contribution in [3.63, 3.8) is 0 Å². The van der Waals surface area contributed by atoms with E-state index in [1.54, 1.807) is 18.5 Å². The third kappa shape index (κ3) is 4.17. The van der Waals surface area contributed by atoms with Crippen LogP contribution in [0.25, 0.3) is 22.1 Å². The van der Waals surface area contributed by atoms with E-state index in [0.717, 1.165) is 42.5 Å². The summed E-state index contributed by atoms with van der Waals surface area (Å²) in [5.41, 5.74) is 2.04. The van der Waals surface area contributed by atoms with Gasteiger partial charge in [0.2, 0.25) is 0 Å². The maximum absolute atomic E-state index is 13.9. The number of benzene rings is 1. The van der Waals surface area contributed by atoms with E-state index in [9.17, 15) is 4.39 Å². The minimum atomic E-state index is -0.290. The first-order chi connectivity index (χ1) is 17.1. The number of hydrogen-bond donors (Lipinski definition) is 2.